The molecular weight excluding hydrogens is 340 g/mol. The molecule has 0 amide bonds. The van der Waals surface area contributed by atoms with E-state index in [1.165, 1.54) is 49.7 Å². The SMILES string of the molecule is CC(C)=CCC[C@@H](C)C1CC[C@H]2C3C=CC4=CC(=O)CCC4(C)[C@H]3CC[C@]12C. The molecule has 154 valence electrons. The Balaban J connectivity index is 1.55. The summed E-state index contributed by atoms with van der Waals surface area (Å²) in [6, 6.07) is 0. The number of rotatable bonds is 4. The Morgan fingerprint density at radius 3 is 2.71 bits per heavy atom. The average Bonchev–Trinajstić information content (AvgIpc) is 2.99. The lowest BCUT2D eigenvalue weighted by Crippen LogP contribution is -2.49. The van der Waals surface area contributed by atoms with Crippen LogP contribution < -0.4 is 0 Å². The standard InChI is InChI=1S/C27H40O/c1-18(2)7-6-8-19(3)23-11-12-24-22-10-9-20-17-21(28)13-15-26(20,4)25(22)14-16-27(23,24)5/h7,9-10,17,19,22-25H,6,8,11-16H2,1-5H3/t19-,22?,23?,24+,25+,26?,27-/m1/s1. The summed E-state index contributed by atoms with van der Waals surface area (Å²) >= 11 is 0. The van der Waals surface area contributed by atoms with Crippen molar-refractivity contribution in [1.82, 2.24) is 0 Å². The first-order valence-corrected chi connectivity index (χ1v) is 11.8. The minimum absolute atomic E-state index is 0.238. The first-order chi connectivity index (χ1) is 13.3. The lowest BCUT2D eigenvalue weighted by molar-refractivity contribution is -0.116. The Bertz CT molecular complexity index is 721. The Kier molecular flexibility index (Phi) is 5.26. The van der Waals surface area contributed by atoms with Crippen molar-refractivity contribution in [3.8, 4) is 0 Å². The molecule has 28 heavy (non-hydrogen) atoms. The highest BCUT2D eigenvalue weighted by Gasteiger charge is 2.58. The van der Waals surface area contributed by atoms with Gasteiger partial charge in [-0.25, -0.2) is 0 Å². The predicted octanol–water partition coefficient (Wildman–Crippen LogP) is 7.29. The molecule has 0 aromatic carbocycles. The second kappa shape index (κ2) is 7.29. The van der Waals surface area contributed by atoms with Gasteiger partial charge in [0.05, 0.1) is 0 Å². The van der Waals surface area contributed by atoms with Crippen molar-refractivity contribution in [1.29, 1.82) is 0 Å². The molecule has 4 aliphatic rings. The largest absolute Gasteiger partial charge is 0.295 e. The molecule has 2 fully saturated rings. The fourth-order valence-electron chi connectivity index (χ4n) is 7.81. The van der Waals surface area contributed by atoms with Crippen LogP contribution in [0.3, 0.4) is 0 Å². The Labute approximate surface area is 172 Å². The van der Waals surface area contributed by atoms with Crippen molar-refractivity contribution < 1.29 is 4.79 Å². The quantitative estimate of drug-likeness (QED) is 0.468. The summed E-state index contributed by atoms with van der Waals surface area (Å²) in [7, 11) is 0. The highest BCUT2D eigenvalue weighted by atomic mass is 16.1. The third-order valence-electron chi connectivity index (χ3n) is 9.45. The maximum absolute atomic E-state index is 12.0. The first kappa shape index (κ1) is 20.2. The van der Waals surface area contributed by atoms with Crippen LogP contribution >= 0.6 is 0 Å². The van der Waals surface area contributed by atoms with Crippen LogP contribution in [0.15, 0.2) is 35.5 Å². The molecule has 0 radical (unpaired) electrons. The minimum Gasteiger partial charge on any atom is -0.295 e. The van der Waals surface area contributed by atoms with Crippen LogP contribution in [-0.4, -0.2) is 5.78 Å². The molecule has 3 unspecified atom stereocenters. The summed E-state index contributed by atoms with van der Waals surface area (Å²) in [6.07, 6.45) is 19.2. The van der Waals surface area contributed by atoms with E-state index in [1.807, 2.05) is 6.08 Å². The molecular formula is C27H40O. The van der Waals surface area contributed by atoms with Crippen LogP contribution in [0, 0.1) is 40.4 Å². The first-order valence-electron chi connectivity index (χ1n) is 11.8. The van der Waals surface area contributed by atoms with E-state index in [-0.39, 0.29) is 5.41 Å². The van der Waals surface area contributed by atoms with Gasteiger partial charge in [-0.1, -0.05) is 44.6 Å². The van der Waals surface area contributed by atoms with Crippen LogP contribution in [0.4, 0.5) is 0 Å². The molecule has 0 N–H and O–H groups in total. The van der Waals surface area contributed by atoms with E-state index in [1.54, 1.807) is 0 Å². The number of fused-ring (bicyclic) bond motifs is 5. The summed E-state index contributed by atoms with van der Waals surface area (Å²) in [6.45, 7) is 12.1. The van der Waals surface area contributed by atoms with E-state index < -0.39 is 0 Å². The van der Waals surface area contributed by atoms with Gasteiger partial charge < -0.3 is 0 Å². The van der Waals surface area contributed by atoms with Crippen molar-refractivity contribution in [3.05, 3.63) is 35.5 Å². The predicted molar refractivity (Wildman–Crippen MR) is 118 cm³/mol. The summed E-state index contributed by atoms with van der Waals surface area (Å²) in [5, 5.41) is 0. The van der Waals surface area contributed by atoms with Crippen molar-refractivity contribution in [2.24, 2.45) is 40.4 Å². The number of carbonyl (C=O) groups is 1. The molecule has 7 atom stereocenters. The molecule has 0 saturated heterocycles. The third kappa shape index (κ3) is 3.17. The molecule has 4 rings (SSSR count). The number of allylic oxidation sites excluding steroid dienone is 6. The van der Waals surface area contributed by atoms with Gasteiger partial charge in [0.2, 0.25) is 0 Å². The second-order valence-corrected chi connectivity index (χ2v) is 11.2. The fraction of sp³-hybridized carbons (Fsp3) is 0.741. The minimum atomic E-state index is 0.238. The van der Waals surface area contributed by atoms with Crippen LogP contribution in [-0.2, 0) is 4.79 Å². The topological polar surface area (TPSA) is 17.1 Å². The van der Waals surface area contributed by atoms with Gasteiger partial charge in [-0.3, -0.25) is 4.79 Å². The zero-order valence-electron chi connectivity index (χ0n) is 18.8. The van der Waals surface area contributed by atoms with Gasteiger partial charge in [-0.05, 0) is 111 Å². The summed E-state index contributed by atoms with van der Waals surface area (Å²) < 4.78 is 0. The number of ketones is 1. The zero-order chi connectivity index (χ0) is 20.1. The average molecular weight is 381 g/mol. The van der Waals surface area contributed by atoms with Gasteiger partial charge in [-0.15, -0.1) is 0 Å². The van der Waals surface area contributed by atoms with E-state index in [0.717, 1.165) is 42.4 Å². The van der Waals surface area contributed by atoms with E-state index >= 15 is 0 Å². The zero-order valence-corrected chi connectivity index (χ0v) is 18.8. The van der Waals surface area contributed by atoms with Crippen LogP contribution in [0.5, 0.6) is 0 Å². The van der Waals surface area contributed by atoms with Crippen LogP contribution in [0.2, 0.25) is 0 Å². The normalized spacial score (nSPS) is 42.9. The molecule has 0 aromatic heterocycles. The molecule has 0 heterocycles. The van der Waals surface area contributed by atoms with Gasteiger partial charge in [0.1, 0.15) is 0 Å². The van der Waals surface area contributed by atoms with Crippen molar-refractivity contribution >= 4 is 5.78 Å². The molecule has 4 aliphatic carbocycles. The number of hydrogen-bond acceptors (Lipinski definition) is 1. The second-order valence-electron chi connectivity index (χ2n) is 11.2. The van der Waals surface area contributed by atoms with E-state index in [4.69, 9.17) is 0 Å². The molecule has 1 heteroatoms. The van der Waals surface area contributed by atoms with Crippen LogP contribution in [0.1, 0.15) is 86.0 Å². The maximum atomic E-state index is 12.0. The highest BCUT2D eigenvalue weighted by molar-refractivity contribution is 5.92. The summed E-state index contributed by atoms with van der Waals surface area (Å²) in [5.41, 5.74) is 3.54. The third-order valence-corrected chi connectivity index (χ3v) is 9.45. The Hall–Kier alpha value is -1.11. The lowest BCUT2D eigenvalue weighted by atomic mass is 9.48. The van der Waals surface area contributed by atoms with Gasteiger partial charge in [0.25, 0.3) is 0 Å². The van der Waals surface area contributed by atoms with Gasteiger partial charge in [-0.2, -0.15) is 0 Å². The monoisotopic (exact) mass is 380 g/mol. The molecule has 0 bridgehead atoms. The molecule has 1 nitrogen and oxygen atoms in total. The molecule has 0 aromatic rings. The maximum Gasteiger partial charge on any atom is 0.156 e. The van der Waals surface area contributed by atoms with Crippen molar-refractivity contribution in [2.75, 3.05) is 0 Å². The summed E-state index contributed by atoms with van der Waals surface area (Å²) in [5.74, 6) is 4.36. The van der Waals surface area contributed by atoms with E-state index in [0.29, 0.717) is 11.2 Å². The lowest BCUT2D eigenvalue weighted by Gasteiger charge is -2.56. The van der Waals surface area contributed by atoms with E-state index in [2.05, 4.69) is 52.8 Å². The smallest absolute Gasteiger partial charge is 0.156 e. The van der Waals surface area contributed by atoms with Gasteiger partial charge >= 0.3 is 0 Å². The molecule has 0 spiro atoms. The molecule has 2 saturated carbocycles. The number of carbonyl (C=O) groups excluding carboxylic acids is 1. The van der Waals surface area contributed by atoms with E-state index in [9.17, 15) is 4.79 Å². The van der Waals surface area contributed by atoms with Crippen LogP contribution in [0.25, 0.3) is 0 Å². The molecule has 0 aliphatic heterocycles. The van der Waals surface area contributed by atoms with Crippen molar-refractivity contribution in [3.63, 3.8) is 0 Å². The van der Waals surface area contributed by atoms with Crippen molar-refractivity contribution in [2.45, 2.75) is 86.0 Å². The highest BCUT2D eigenvalue weighted by Crippen LogP contribution is 2.66. The fourth-order valence-corrected chi connectivity index (χ4v) is 7.81. The van der Waals surface area contributed by atoms with Gasteiger partial charge in [0, 0.05) is 6.42 Å². The summed E-state index contributed by atoms with van der Waals surface area (Å²) in [4.78, 5) is 12.0. The number of hydrogen-bond donors (Lipinski definition) is 0. The Morgan fingerprint density at radius 1 is 1.18 bits per heavy atom. The van der Waals surface area contributed by atoms with Gasteiger partial charge in [0.15, 0.2) is 5.78 Å². The Morgan fingerprint density at radius 2 is 1.96 bits per heavy atom.